The summed E-state index contributed by atoms with van der Waals surface area (Å²) >= 11 is 0. The van der Waals surface area contributed by atoms with E-state index in [0.717, 1.165) is 0 Å². The number of carbonyl (C=O) groups is 2. The van der Waals surface area contributed by atoms with E-state index in [9.17, 15) is 24.9 Å². The molecule has 0 fully saturated rings. The fourth-order valence-electron chi connectivity index (χ4n) is 0.346. The zero-order chi connectivity index (χ0) is 14.6. The third-order valence-corrected chi connectivity index (χ3v) is 0.963. The van der Waals surface area contributed by atoms with Crippen LogP contribution in [0.25, 0.3) is 0 Å². The van der Waals surface area contributed by atoms with Crippen molar-refractivity contribution in [2.24, 2.45) is 5.92 Å². The SMILES string of the molecule is CC(C)C(=O)CC(=O)[O-].CC(C)[O-].CC(C)[O-].[Zr+3]. The van der Waals surface area contributed by atoms with Crippen molar-refractivity contribution >= 4 is 11.8 Å². The molecule has 0 spiro atoms. The summed E-state index contributed by atoms with van der Waals surface area (Å²) in [6.07, 6.45) is -1.29. The van der Waals surface area contributed by atoms with Crippen molar-refractivity contribution in [3.8, 4) is 0 Å². The Morgan fingerprint density at radius 3 is 1.17 bits per heavy atom. The number of aliphatic carboxylic acids is 1. The quantitative estimate of drug-likeness (QED) is 0.605. The minimum atomic E-state index is -1.30. The maximum absolute atomic E-state index is 10.5. The van der Waals surface area contributed by atoms with Gasteiger partial charge in [0, 0.05) is 18.3 Å². The third kappa shape index (κ3) is 56.4. The molecule has 0 N–H and O–H groups in total. The number of Topliss-reactive ketones (excluding diaryl/α,β-unsaturated/α-hetero) is 1. The van der Waals surface area contributed by atoms with E-state index in [-0.39, 0.29) is 37.9 Å². The van der Waals surface area contributed by atoms with Gasteiger partial charge in [-0.1, -0.05) is 41.5 Å². The maximum atomic E-state index is 10.5. The van der Waals surface area contributed by atoms with E-state index in [1.807, 2.05) is 0 Å². The Kier molecular flexibility index (Phi) is 24.9. The van der Waals surface area contributed by atoms with Crippen LogP contribution in [-0.2, 0) is 35.8 Å². The van der Waals surface area contributed by atoms with Gasteiger partial charge in [-0.2, -0.15) is 0 Å². The van der Waals surface area contributed by atoms with Crippen LogP contribution in [0.2, 0.25) is 0 Å². The number of hydrogen-bond acceptors (Lipinski definition) is 5. The molecule has 0 amide bonds. The second-order valence-electron chi connectivity index (χ2n) is 4.27. The van der Waals surface area contributed by atoms with E-state index >= 15 is 0 Å². The summed E-state index contributed by atoms with van der Waals surface area (Å²) < 4.78 is 0. The molecule has 105 valence electrons. The van der Waals surface area contributed by atoms with Gasteiger partial charge in [-0.15, -0.1) is 12.2 Å². The first-order chi connectivity index (χ1) is 7.50. The summed E-state index contributed by atoms with van der Waals surface area (Å²) in [6, 6.07) is 0. The van der Waals surface area contributed by atoms with Gasteiger partial charge in [0.25, 0.3) is 0 Å². The predicted octanol–water partition coefficient (Wildman–Crippen LogP) is -1.14. The second-order valence-corrected chi connectivity index (χ2v) is 4.27. The number of carbonyl (C=O) groups excluding carboxylic acids is 2. The normalized spacial score (nSPS) is 8.83. The molecule has 1 radical (unpaired) electrons. The molecule has 0 aromatic rings. The molecule has 0 aliphatic heterocycles. The molecular formula is C12H23O5Zr. The Bertz CT molecular complexity index is 191. The minimum absolute atomic E-state index is 0. The summed E-state index contributed by atoms with van der Waals surface area (Å²) in [5, 5.41) is 28.8. The summed E-state index contributed by atoms with van der Waals surface area (Å²) in [7, 11) is 0. The average Bonchev–Trinajstić information content (AvgIpc) is 1.99. The molecule has 0 aliphatic rings. The fourth-order valence-corrected chi connectivity index (χ4v) is 0.346. The van der Waals surface area contributed by atoms with Gasteiger partial charge in [0.2, 0.25) is 0 Å². The van der Waals surface area contributed by atoms with Crippen LogP contribution in [0.15, 0.2) is 0 Å². The van der Waals surface area contributed by atoms with Gasteiger partial charge in [0.15, 0.2) is 0 Å². The molecule has 0 aromatic heterocycles. The van der Waals surface area contributed by atoms with Crippen LogP contribution < -0.4 is 15.3 Å². The first-order valence-electron chi connectivity index (χ1n) is 5.54. The Balaban J connectivity index is -0.0000000922. The van der Waals surface area contributed by atoms with E-state index in [0.29, 0.717) is 0 Å². The Labute approximate surface area is 129 Å². The largest absolute Gasteiger partial charge is 3.00 e. The van der Waals surface area contributed by atoms with Crippen LogP contribution in [0, 0.1) is 5.92 Å². The van der Waals surface area contributed by atoms with Gasteiger partial charge >= 0.3 is 26.2 Å². The van der Waals surface area contributed by atoms with E-state index in [1.165, 1.54) is 0 Å². The molecule has 0 bridgehead atoms. The number of ketones is 1. The van der Waals surface area contributed by atoms with Gasteiger partial charge in [0.05, 0.1) is 0 Å². The zero-order valence-corrected chi connectivity index (χ0v) is 14.4. The maximum Gasteiger partial charge on any atom is 3.00 e. The number of hydrogen-bond donors (Lipinski definition) is 0. The molecule has 5 nitrogen and oxygen atoms in total. The molecule has 0 heterocycles. The molecule has 0 aliphatic carbocycles. The van der Waals surface area contributed by atoms with E-state index in [2.05, 4.69) is 0 Å². The zero-order valence-electron chi connectivity index (χ0n) is 12.0. The summed E-state index contributed by atoms with van der Waals surface area (Å²) in [5.41, 5.74) is 0. The molecule has 0 unspecified atom stereocenters. The van der Waals surface area contributed by atoms with Gasteiger partial charge in [-0.3, -0.25) is 4.79 Å². The Hall–Kier alpha value is -0.0569. The number of carboxylic acids is 1. The third-order valence-electron chi connectivity index (χ3n) is 0.963. The average molecular weight is 339 g/mol. The molecule has 0 aromatic carbocycles. The molecule has 0 atom stereocenters. The summed E-state index contributed by atoms with van der Waals surface area (Å²) in [5.74, 6) is -1.79. The van der Waals surface area contributed by atoms with E-state index in [1.54, 1.807) is 41.5 Å². The molecule has 0 rings (SSSR count). The number of carboxylic acid groups (broad SMARTS) is 1. The van der Waals surface area contributed by atoms with Crippen LogP contribution in [-0.4, -0.2) is 24.0 Å². The van der Waals surface area contributed by atoms with Crippen molar-refractivity contribution in [1.29, 1.82) is 0 Å². The van der Waals surface area contributed by atoms with E-state index < -0.39 is 24.6 Å². The van der Waals surface area contributed by atoms with Gasteiger partial charge in [-0.05, 0) is 0 Å². The fraction of sp³-hybridized carbons (Fsp3) is 0.833. The van der Waals surface area contributed by atoms with Gasteiger partial charge in [-0.25, -0.2) is 0 Å². The first kappa shape index (κ1) is 26.5. The van der Waals surface area contributed by atoms with Crippen LogP contribution in [0.4, 0.5) is 0 Å². The van der Waals surface area contributed by atoms with Crippen molar-refractivity contribution in [3.05, 3.63) is 0 Å². The first-order valence-corrected chi connectivity index (χ1v) is 5.54. The Morgan fingerprint density at radius 2 is 1.11 bits per heavy atom. The van der Waals surface area contributed by atoms with Gasteiger partial charge in [0.1, 0.15) is 5.78 Å². The minimum Gasteiger partial charge on any atom is -0.852 e. The van der Waals surface area contributed by atoms with Crippen LogP contribution in [0.1, 0.15) is 48.0 Å². The predicted molar refractivity (Wildman–Crippen MR) is 59.7 cm³/mol. The smallest absolute Gasteiger partial charge is 0.852 e. The van der Waals surface area contributed by atoms with Crippen molar-refractivity contribution in [1.82, 2.24) is 0 Å². The molecule has 0 saturated heterocycles. The summed E-state index contributed by atoms with van der Waals surface area (Å²) in [4.78, 5) is 20.3. The molecule has 18 heavy (non-hydrogen) atoms. The molecule has 6 heteroatoms. The van der Waals surface area contributed by atoms with Crippen LogP contribution in [0.3, 0.4) is 0 Å². The number of rotatable bonds is 3. The van der Waals surface area contributed by atoms with Crippen LogP contribution in [0.5, 0.6) is 0 Å². The monoisotopic (exact) mass is 337 g/mol. The van der Waals surface area contributed by atoms with Gasteiger partial charge < -0.3 is 20.1 Å². The van der Waals surface area contributed by atoms with Crippen molar-refractivity contribution < 1.29 is 51.1 Å². The molecule has 0 saturated carbocycles. The summed E-state index contributed by atoms with van der Waals surface area (Å²) in [6.45, 7) is 9.76. The Morgan fingerprint density at radius 1 is 0.889 bits per heavy atom. The standard InChI is InChI=1S/C6H10O3.2C3H7O.Zr/c1-4(2)5(7)3-6(8)9;2*1-3(2)4;/h4H,3H2,1-2H3,(H,8,9);2*3H,1-2H3;/q;2*-1;+3/p-1. The van der Waals surface area contributed by atoms with E-state index in [4.69, 9.17) is 0 Å². The van der Waals surface area contributed by atoms with Crippen LogP contribution >= 0.6 is 0 Å². The second kappa shape index (κ2) is 16.9. The van der Waals surface area contributed by atoms with Crippen molar-refractivity contribution in [2.75, 3.05) is 0 Å². The van der Waals surface area contributed by atoms with Crippen molar-refractivity contribution in [2.45, 2.75) is 60.2 Å². The molecular weight excluding hydrogens is 315 g/mol. The topological polar surface area (TPSA) is 103 Å². The van der Waals surface area contributed by atoms with Crippen molar-refractivity contribution in [3.63, 3.8) is 0 Å².